The predicted molar refractivity (Wildman–Crippen MR) is 163 cm³/mol. The summed E-state index contributed by atoms with van der Waals surface area (Å²) in [5, 5.41) is 38.1. The van der Waals surface area contributed by atoms with E-state index in [1.807, 2.05) is 60.7 Å². The number of aliphatic imine (C=N–C) groups is 2. The first-order valence-electron chi connectivity index (χ1n) is 12.5. The second-order valence-corrected chi connectivity index (χ2v) is 9.14. The van der Waals surface area contributed by atoms with Gasteiger partial charge in [-0.1, -0.05) is 48.0 Å². The van der Waals surface area contributed by atoms with Gasteiger partial charge in [0.2, 0.25) is 0 Å². The van der Waals surface area contributed by atoms with Crippen LogP contribution in [0.1, 0.15) is 11.1 Å². The lowest BCUT2D eigenvalue weighted by atomic mass is 10.2. The van der Waals surface area contributed by atoms with E-state index in [1.54, 1.807) is 42.5 Å². The third-order valence-corrected chi connectivity index (χ3v) is 5.95. The van der Waals surface area contributed by atoms with Crippen molar-refractivity contribution in [3.8, 4) is 11.5 Å². The molecule has 0 radical (unpaired) electrons. The van der Waals surface area contributed by atoms with E-state index in [0.717, 1.165) is 5.69 Å². The summed E-state index contributed by atoms with van der Waals surface area (Å²) in [6.07, 6.45) is 3.02. The third kappa shape index (κ3) is 7.56. The molecule has 9 heteroatoms. The van der Waals surface area contributed by atoms with Gasteiger partial charge >= 0.3 is 0 Å². The van der Waals surface area contributed by atoms with E-state index in [9.17, 15) is 10.2 Å². The standard InChI is InChI=1S/C32H23ClN6O2/c33-24-11-14-29(34-20-22-17-27(12-15-31(22)40)38-36-25-7-3-1-4-8-25)30(19-24)35-21-23-18-28(13-16-32(23)41)39-37-26-9-5-2-6-10-26/h1-21,40-41H. The molecule has 0 aliphatic heterocycles. The van der Waals surface area contributed by atoms with Gasteiger partial charge in [0.1, 0.15) is 11.5 Å². The average molecular weight is 559 g/mol. The Morgan fingerprint density at radius 3 is 1.44 bits per heavy atom. The molecule has 0 heterocycles. The van der Waals surface area contributed by atoms with Crippen LogP contribution in [0.3, 0.4) is 0 Å². The van der Waals surface area contributed by atoms with E-state index in [1.165, 1.54) is 24.6 Å². The molecule has 5 rings (SSSR count). The quantitative estimate of drug-likeness (QED) is 0.146. The summed E-state index contributed by atoms with van der Waals surface area (Å²) in [5.74, 6) is 0.0729. The molecule has 5 aromatic carbocycles. The molecule has 2 N–H and O–H groups in total. The fourth-order valence-corrected chi connectivity index (χ4v) is 3.79. The highest BCUT2D eigenvalue weighted by atomic mass is 35.5. The highest BCUT2D eigenvalue weighted by Gasteiger charge is 2.06. The minimum absolute atomic E-state index is 0.0332. The monoisotopic (exact) mass is 558 g/mol. The van der Waals surface area contributed by atoms with Crippen LogP contribution in [0.5, 0.6) is 11.5 Å². The van der Waals surface area contributed by atoms with E-state index in [2.05, 4.69) is 30.4 Å². The van der Waals surface area contributed by atoms with Gasteiger partial charge in [0.25, 0.3) is 0 Å². The first-order valence-corrected chi connectivity index (χ1v) is 12.9. The molecule has 5 aromatic rings. The van der Waals surface area contributed by atoms with Crippen molar-refractivity contribution in [1.29, 1.82) is 0 Å². The Balaban J connectivity index is 1.38. The number of aromatic hydroxyl groups is 2. The minimum atomic E-state index is 0.0332. The number of azo groups is 2. The Kier molecular flexibility index (Phi) is 8.63. The summed E-state index contributed by atoms with van der Waals surface area (Å²) in [6, 6.07) is 33.5. The van der Waals surface area contributed by atoms with E-state index < -0.39 is 0 Å². The lowest BCUT2D eigenvalue weighted by Crippen LogP contribution is -1.84. The molecule has 0 spiro atoms. The Morgan fingerprint density at radius 1 is 0.463 bits per heavy atom. The number of nitrogens with zero attached hydrogens (tertiary/aromatic N) is 6. The second kappa shape index (κ2) is 13.1. The van der Waals surface area contributed by atoms with Gasteiger partial charge in [0.15, 0.2) is 0 Å². The summed E-state index contributed by atoms with van der Waals surface area (Å²) >= 11 is 6.24. The van der Waals surface area contributed by atoms with Gasteiger partial charge in [-0.3, -0.25) is 9.98 Å². The zero-order valence-electron chi connectivity index (χ0n) is 21.6. The lowest BCUT2D eigenvalue weighted by molar-refractivity contribution is 0.474. The number of hydrogen-bond donors (Lipinski definition) is 2. The summed E-state index contributed by atoms with van der Waals surface area (Å²) in [4.78, 5) is 9.05. The van der Waals surface area contributed by atoms with Crippen molar-refractivity contribution in [1.82, 2.24) is 0 Å². The van der Waals surface area contributed by atoms with Gasteiger partial charge in [-0.05, 0) is 78.9 Å². The molecule has 0 amide bonds. The van der Waals surface area contributed by atoms with Crippen LogP contribution in [0.25, 0.3) is 0 Å². The van der Waals surface area contributed by atoms with Gasteiger partial charge in [0, 0.05) is 28.6 Å². The third-order valence-electron chi connectivity index (χ3n) is 5.72. The molecule has 41 heavy (non-hydrogen) atoms. The van der Waals surface area contributed by atoms with Crippen LogP contribution in [0.2, 0.25) is 5.02 Å². The van der Waals surface area contributed by atoms with Crippen molar-refractivity contribution in [2.75, 3.05) is 0 Å². The zero-order valence-corrected chi connectivity index (χ0v) is 22.3. The number of benzene rings is 5. The fraction of sp³-hybridized carbons (Fsp3) is 0. The maximum absolute atomic E-state index is 10.4. The van der Waals surface area contributed by atoms with Crippen LogP contribution in [-0.4, -0.2) is 22.6 Å². The number of phenols is 2. The number of rotatable bonds is 8. The van der Waals surface area contributed by atoms with Crippen molar-refractivity contribution < 1.29 is 10.2 Å². The summed E-state index contributed by atoms with van der Waals surface area (Å²) < 4.78 is 0. The Labute approximate surface area is 241 Å². The molecule has 0 aromatic heterocycles. The highest BCUT2D eigenvalue weighted by molar-refractivity contribution is 6.31. The maximum Gasteiger partial charge on any atom is 0.124 e. The summed E-state index contributed by atoms with van der Waals surface area (Å²) in [7, 11) is 0. The van der Waals surface area contributed by atoms with Gasteiger partial charge in [-0.25, -0.2) is 0 Å². The lowest BCUT2D eigenvalue weighted by Gasteiger charge is -2.04. The zero-order chi connectivity index (χ0) is 28.4. The predicted octanol–water partition coefficient (Wildman–Crippen LogP) is 10.1. The number of phenolic OH excluding ortho intramolecular Hbond substituents is 2. The first kappa shape index (κ1) is 27.1. The average Bonchev–Trinajstić information content (AvgIpc) is 3.00. The smallest absolute Gasteiger partial charge is 0.124 e. The van der Waals surface area contributed by atoms with Gasteiger partial charge < -0.3 is 10.2 Å². The molecular formula is C32H23ClN6O2. The molecule has 8 nitrogen and oxygen atoms in total. The summed E-state index contributed by atoms with van der Waals surface area (Å²) in [6.45, 7) is 0. The molecule has 200 valence electrons. The SMILES string of the molecule is Oc1ccc(N=Nc2ccccc2)cc1C=Nc1ccc(Cl)cc1N=Cc1cc(N=Nc2ccccc2)ccc1O. The minimum Gasteiger partial charge on any atom is -0.507 e. The van der Waals surface area contributed by atoms with Crippen LogP contribution in [0.15, 0.2) is 146 Å². The Morgan fingerprint density at radius 2 is 0.927 bits per heavy atom. The van der Waals surface area contributed by atoms with Crippen molar-refractivity contribution in [3.63, 3.8) is 0 Å². The fourth-order valence-electron chi connectivity index (χ4n) is 3.62. The van der Waals surface area contributed by atoms with Crippen LogP contribution < -0.4 is 0 Å². The van der Waals surface area contributed by atoms with Crippen LogP contribution >= 0.6 is 11.6 Å². The van der Waals surface area contributed by atoms with Crippen molar-refractivity contribution in [2.45, 2.75) is 0 Å². The van der Waals surface area contributed by atoms with E-state index >= 15 is 0 Å². The van der Waals surface area contributed by atoms with Crippen molar-refractivity contribution in [3.05, 3.63) is 131 Å². The Hall–Kier alpha value is -5.47. The van der Waals surface area contributed by atoms with Gasteiger partial charge in [0.05, 0.1) is 34.1 Å². The van der Waals surface area contributed by atoms with Crippen molar-refractivity contribution >= 4 is 58.2 Å². The topological polar surface area (TPSA) is 115 Å². The maximum atomic E-state index is 10.4. The van der Waals surface area contributed by atoms with Gasteiger partial charge in [-0.15, -0.1) is 0 Å². The van der Waals surface area contributed by atoms with E-state index in [-0.39, 0.29) is 11.5 Å². The van der Waals surface area contributed by atoms with Crippen LogP contribution in [0, 0.1) is 0 Å². The molecule has 0 fully saturated rings. The molecule has 0 saturated heterocycles. The number of halogens is 1. The van der Waals surface area contributed by atoms with Gasteiger partial charge in [-0.2, -0.15) is 20.5 Å². The van der Waals surface area contributed by atoms with Crippen molar-refractivity contribution in [2.24, 2.45) is 30.4 Å². The largest absolute Gasteiger partial charge is 0.507 e. The highest BCUT2D eigenvalue weighted by Crippen LogP contribution is 2.33. The molecule has 0 saturated carbocycles. The second-order valence-electron chi connectivity index (χ2n) is 8.71. The summed E-state index contributed by atoms with van der Waals surface area (Å²) in [5.41, 5.74) is 4.40. The molecule has 0 aliphatic carbocycles. The van der Waals surface area contributed by atoms with E-state index in [4.69, 9.17) is 11.6 Å². The normalized spacial score (nSPS) is 11.8. The Bertz CT molecular complexity index is 1770. The first-order chi connectivity index (χ1) is 20.0. The van der Waals surface area contributed by atoms with E-state index in [0.29, 0.717) is 44.6 Å². The number of hydrogen-bond acceptors (Lipinski definition) is 8. The molecule has 0 bridgehead atoms. The van der Waals surface area contributed by atoms with Crippen LogP contribution in [-0.2, 0) is 0 Å². The molecular weight excluding hydrogens is 536 g/mol. The molecule has 0 unspecified atom stereocenters. The van der Waals surface area contributed by atoms with Crippen LogP contribution in [0.4, 0.5) is 34.1 Å². The molecule has 0 aliphatic rings. The molecule has 0 atom stereocenters.